The lowest BCUT2D eigenvalue weighted by Crippen LogP contribution is -2.14. The summed E-state index contributed by atoms with van der Waals surface area (Å²) in [6.45, 7) is 6.05. The number of hydrogen-bond acceptors (Lipinski definition) is 7. The lowest BCUT2D eigenvalue weighted by molar-refractivity contribution is -0.113. The van der Waals surface area contributed by atoms with Crippen LogP contribution in [0.25, 0.3) is 22.1 Å². The van der Waals surface area contributed by atoms with Crippen molar-refractivity contribution in [3.63, 3.8) is 0 Å². The molecule has 0 bridgehead atoms. The van der Waals surface area contributed by atoms with Crippen molar-refractivity contribution in [2.75, 3.05) is 11.1 Å². The van der Waals surface area contributed by atoms with Gasteiger partial charge < -0.3 is 10.3 Å². The third kappa shape index (κ3) is 3.27. The molecule has 0 saturated heterocycles. The van der Waals surface area contributed by atoms with Gasteiger partial charge in [0, 0.05) is 16.5 Å². The SMILES string of the molecule is Cc1cc(C)c2[nH]c3nc(SCC(=O)Nc4ncc(C)s4)nnc3c2c1. The molecule has 0 radical (unpaired) electrons. The number of amides is 1. The molecule has 1 amide bonds. The van der Waals surface area contributed by atoms with Gasteiger partial charge in [-0.2, -0.15) is 0 Å². The molecule has 7 nitrogen and oxygen atoms in total. The molecule has 3 heterocycles. The van der Waals surface area contributed by atoms with Gasteiger partial charge in [0.25, 0.3) is 0 Å². The summed E-state index contributed by atoms with van der Waals surface area (Å²) < 4.78 is 0. The quantitative estimate of drug-likeness (QED) is 0.522. The molecule has 2 N–H and O–H groups in total. The Balaban J connectivity index is 1.53. The van der Waals surface area contributed by atoms with Crippen LogP contribution in [-0.4, -0.2) is 36.8 Å². The number of carbonyl (C=O) groups excluding carboxylic acids is 1. The maximum absolute atomic E-state index is 12.0. The summed E-state index contributed by atoms with van der Waals surface area (Å²) in [7, 11) is 0. The Morgan fingerprint density at radius 2 is 2.12 bits per heavy atom. The summed E-state index contributed by atoms with van der Waals surface area (Å²) in [5, 5.41) is 13.3. The standard InChI is InChI=1S/C17H16N6OS2/c1-8-4-9(2)13-11(5-8)14-15(20-13)21-17(23-22-14)25-7-12(24)19-16-18-6-10(3)26-16/h4-6H,7H2,1-3H3,(H,18,19,24)(H,20,21,23). The van der Waals surface area contributed by atoms with E-state index < -0.39 is 0 Å². The number of benzene rings is 1. The lowest BCUT2D eigenvalue weighted by Gasteiger charge is -2.00. The van der Waals surface area contributed by atoms with E-state index in [-0.39, 0.29) is 11.7 Å². The number of nitrogens with zero attached hydrogens (tertiary/aromatic N) is 4. The molecule has 0 unspecified atom stereocenters. The van der Waals surface area contributed by atoms with E-state index in [1.807, 2.05) is 6.92 Å². The first kappa shape index (κ1) is 16.9. The molecule has 26 heavy (non-hydrogen) atoms. The Morgan fingerprint density at radius 3 is 2.88 bits per heavy atom. The molecular formula is C17H16N6OS2. The van der Waals surface area contributed by atoms with E-state index in [4.69, 9.17) is 0 Å². The number of aryl methyl sites for hydroxylation is 3. The average Bonchev–Trinajstić information content (AvgIpc) is 3.16. The highest BCUT2D eigenvalue weighted by molar-refractivity contribution is 7.99. The number of anilines is 1. The maximum Gasteiger partial charge on any atom is 0.236 e. The Morgan fingerprint density at radius 1 is 1.27 bits per heavy atom. The van der Waals surface area contributed by atoms with Crippen molar-refractivity contribution in [3.05, 3.63) is 34.3 Å². The second-order valence-electron chi connectivity index (χ2n) is 6.03. The summed E-state index contributed by atoms with van der Waals surface area (Å²) in [5.41, 5.74) is 4.77. The van der Waals surface area contributed by atoms with Crippen LogP contribution in [0.2, 0.25) is 0 Å². The fourth-order valence-corrected chi connectivity index (χ4v) is 4.04. The highest BCUT2D eigenvalue weighted by atomic mass is 32.2. The van der Waals surface area contributed by atoms with Gasteiger partial charge in [-0.15, -0.1) is 21.5 Å². The fourth-order valence-electron chi connectivity index (χ4n) is 2.78. The molecule has 9 heteroatoms. The number of nitrogens with one attached hydrogen (secondary N) is 2. The summed E-state index contributed by atoms with van der Waals surface area (Å²) in [5.74, 6) is 0.0561. The van der Waals surface area contributed by atoms with E-state index in [2.05, 4.69) is 56.4 Å². The zero-order valence-electron chi connectivity index (χ0n) is 14.5. The van der Waals surface area contributed by atoms with Crippen molar-refractivity contribution in [3.8, 4) is 0 Å². The molecule has 1 aromatic carbocycles. The zero-order valence-corrected chi connectivity index (χ0v) is 16.1. The van der Waals surface area contributed by atoms with Gasteiger partial charge in [-0.3, -0.25) is 4.79 Å². The number of fused-ring (bicyclic) bond motifs is 3. The molecule has 3 aromatic heterocycles. The summed E-state index contributed by atoms with van der Waals surface area (Å²) in [6, 6.07) is 4.19. The van der Waals surface area contributed by atoms with Crippen molar-refractivity contribution in [1.29, 1.82) is 0 Å². The topological polar surface area (TPSA) is 96.5 Å². The van der Waals surface area contributed by atoms with Crippen LogP contribution in [0.3, 0.4) is 0 Å². The van der Waals surface area contributed by atoms with Crippen LogP contribution < -0.4 is 5.32 Å². The van der Waals surface area contributed by atoms with Crippen LogP contribution >= 0.6 is 23.1 Å². The summed E-state index contributed by atoms with van der Waals surface area (Å²) in [4.78, 5) is 25.0. The Bertz CT molecular complexity index is 1130. The second-order valence-corrected chi connectivity index (χ2v) is 8.21. The number of hydrogen-bond donors (Lipinski definition) is 2. The molecule has 0 aliphatic carbocycles. The van der Waals surface area contributed by atoms with Crippen molar-refractivity contribution in [2.45, 2.75) is 25.9 Å². The van der Waals surface area contributed by atoms with Crippen LogP contribution in [0, 0.1) is 20.8 Å². The van der Waals surface area contributed by atoms with E-state index in [9.17, 15) is 4.79 Å². The Kier molecular flexibility index (Phi) is 4.33. The Labute approximate surface area is 157 Å². The van der Waals surface area contributed by atoms with E-state index in [0.29, 0.717) is 15.9 Å². The van der Waals surface area contributed by atoms with Gasteiger partial charge in [0.15, 0.2) is 10.8 Å². The minimum Gasteiger partial charge on any atom is -0.337 e. The summed E-state index contributed by atoms with van der Waals surface area (Å²) in [6.07, 6.45) is 1.73. The van der Waals surface area contributed by atoms with E-state index >= 15 is 0 Å². The van der Waals surface area contributed by atoms with E-state index in [1.165, 1.54) is 28.7 Å². The number of aromatic nitrogens is 5. The van der Waals surface area contributed by atoms with Gasteiger partial charge in [-0.1, -0.05) is 23.4 Å². The highest BCUT2D eigenvalue weighted by Gasteiger charge is 2.13. The number of aromatic amines is 1. The molecule has 132 valence electrons. The van der Waals surface area contributed by atoms with Gasteiger partial charge in [0.1, 0.15) is 5.52 Å². The molecule has 0 saturated carbocycles. The van der Waals surface area contributed by atoms with Gasteiger partial charge in [0.2, 0.25) is 11.1 Å². The minimum absolute atomic E-state index is 0.142. The molecule has 4 aromatic rings. The predicted octanol–water partition coefficient (Wildman–Crippen LogP) is 3.62. The minimum atomic E-state index is -0.142. The van der Waals surface area contributed by atoms with Crippen LogP contribution in [-0.2, 0) is 4.79 Å². The van der Waals surface area contributed by atoms with Crippen LogP contribution in [0.15, 0.2) is 23.5 Å². The summed E-state index contributed by atoms with van der Waals surface area (Å²) >= 11 is 2.69. The van der Waals surface area contributed by atoms with Crippen molar-refractivity contribution in [1.82, 2.24) is 25.1 Å². The van der Waals surface area contributed by atoms with Crippen LogP contribution in [0.4, 0.5) is 5.13 Å². The molecular weight excluding hydrogens is 368 g/mol. The van der Waals surface area contributed by atoms with Gasteiger partial charge in [-0.05, 0) is 32.4 Å². The smallest absolute Gasteiger partial charge is 0.236 e. The third-order valence-corrected chi connectivity index (χ3v) is 5.51. The van der Waals surface area contributed by atoms with Gasteiger partial charge in [0.05, 0.1) is 11.3 Å². The van der Waals surface area contributed by atoms with Crippen molar-refractivity contribution >= 4 is 56.2 Å². The second kappa shape index (κ2) is 6.65. The zero-order chi connectivity index (χ0) is 18.3. The normalized spacial score (nSPS) is 11.3. The van der Waals surface area contributed by atoms with Gasteiger partial charge >= 0.3 is 0 Å². The first-order valence-corrected chi connectivity index (χ1v) is 9.78. The fraction of sp³-hybridized carbons (Fsp3) is 0.235. The van der Waals surface area contributed by atoms with Crippen molar-refractivity contribution < 1.29 is 4.79 Å². The van der Waals surface area contributed by atoms with Crippen LogP contribution in [0.5, 0.6) is 0 Å². The van der Waals surface area contributed by atoms with Crippen LogP contribution in [0.1, 0.15) is 16.0 Å². The lowest BCUT2D eigenvalue weighted by atomic mass is 10.1. The van der Waals surface area contributed by atoms with E-state index in [0.717, 1.165) is 26.9 Å². The number of carbonyl (C=O) groups is 1. The number of thiazole rings is 1. The molecule has 0 aliphatic heterocycles. The number of H-pyrrole nitrogens is 1. The van der Waals surface area contributed by atoms with Gasteiger partial charge in [-0.25, -0.2) is 9.97 Å². The molecule has 0 atom stereocenters. The molecule has 0 spiro atoms. The molecule has 0 fully saturated rings. The highest BCUT2D eigenvalue weighted by Crippen LogP contribution is 2.27. The molecule has 4 rings (SSSR count). The largest absolute Gasteiger partial charge is 0.337 e. The van der Waals surface area contributed by atoms with Crippen molar-refractivity contribution in [2.24, 2.45) is 0 Å². The number of rotatable bonds is 4. The Hall–Kier alpha value is -2.52. The maximum atomic E-state index is 12.0. The monoisotopic (exact) mass is 384 g/mol. The number of thioether (sulfide) groups is 1. The first-order chi connectivity index (χ1) is 12.5. The third-order valence-electron chi connectivity index (χ3n) is 3.85. The molecule has 0 aliphatic rings. The first-order valence-electron chi connectivity index (χ1n) is 7.98. The predicted molar refractivity (Wildman–Crippen MR) is 105 cm³/mol. The van der Waals surface area contributed by atoms with E-state index in [1.54, 1.807) is 6.20 Å². The average molecular weight is 384 g/mol.